The zero-order valence-corrected chi connectivity index (χ0v) is 13.1. The summed E-state index contributed by atoms with van der Waals surface area (Å²) in [7, 11) is 0. The predicted molar refractivity (Wildman–Crippen MR) is 72.1 cm³/mol. The maximum atomic E-state index is 14.8. The maximum Gasteiger partial charge on any atom is 0.449 e. The first-order valence-corrected chi connectivity index (χ1v) is 7.59. The van der Waals surface area contributed by atoms with Gasteiger partial charge in [0.05, 0.1) is 6.61 Å². The molecule has 0 aromatic heterocycles. The molecule has 1 N–H and O–H groups in total. The third-order valence-corrected chi connectivity index (χ3v) is 4.72. The van der Waals surface area contributed by atoms with Gasteiger partial charge in [0.2, 0.25) is 5.60 Å². The minimum atomic E-state index is -5.75. The molecule has 2 rings (SSSR count). The van der Waals surface area contributed by atoms with Crippen molar-refractivity contribution in [2.45, 2.75) is 62.5 Å². The highest BCUT2D eigenvalue weighted by Crippen LogP contribution is 2.59. The van der Waals surface area contributed by atoms with E-state index in [-0.39, 0.29) is 18.4 Å². The van der Waals surface area contributed by atoms with Crippen LogP contribution in [0, 0.1) is 5.92 Å². The molecule has 1 aliphatic heterocycles. The lowest BCUT2D eigenvalue weighted by Gasteiger charge is -2.43. The first kappa shape index (κ1) is 19.1. The molecule has 2 atom stereocenters. The second-order valence-corrected chi connectivity index (χ2v) is 6.40. The number of rotatable bonds is 3. The van der Waals surface area contributed by atoms with Gasteiger partial charge < -0.3 is 14.6 Å². The number of esters is 1. The van der Waals surface area contributed by atoms with Gasteiger partial charge in [-0.1, -0.05) is 25.8 Å². The number of carbonyl (C=O) groups excluding carboxylic acids is 1. The number of halogens is 5. The van der Waals surface area contributed by atoms with Gasteiger partial charge in [-0.15, -0.1) is 0 Å². The van der Waals surface area contributed by atoms with E-state index in [0.717, 1.165) is 6.42 Å². The molecule has 138 valence electrons. The lowest BCUT2D eigenvalue weighted by Crippen LogP contribution is -2.66. The van der Waals surface area contributed by atoms with E-state index < -0.39 is 42.0 Å². The zero-order valence-electron chi connectivity index (χ0n) is 13.1. The van der Waals surface area contributed by atoms with Crippen molar-refractivity contribution < 1.29 is 41.3 Å². The lowest BCUT2D eigenvalue weighted by atomic mass is 9.73. The first-order chi connectivity index (χ1) is 10.9. The van der Waals surface area contributed by atoms with Crippen LogP contribution in [0.15, 0.2) is 12.2 Å². The Morgan fingerprint density at radius 1 is 1.25 bits per heavy atom. The van der Waals surface area contributed by atoms with E-state index in [1.54, 1.807) is 0 Å². The molecule has 0 bridgehead atoms. The van der Waals surface area contributed by atoms with Crippen LogP contribution >= 0.6 is 0 Å². The summed E-state index contributed by atoms with van der Waals surface area (Å²) in [6.07, 6.45) is -3.68. The molecule has 9 heteroatoms. The third kappa shape index (κ3) is 2.61. The van der Waals surface area contributed by atoms with Gasteiger partial charge in [0, 0.05) is 11.5 Å². The molecule has 24 heavy (non-hydrogen) atoms. The molecule has 1 saturated carbocycles. The molecule has 1 aliphatic carbocycles. The van der Waals surface area contributed by atoms with Gasteiger partial charge in [-0.25, -0.2) is 4.79 Å². The van der Waals surface area contributed by atoms with Crippen molar-refractivity contribution in [3.05, 3.63) is 12.2 Å². The van der Waals surface area contributed by atoms with Crippen molar-refractivity contribution in [2.75, 3.05) is 6.61 Å². The van der Waals surface area contributed by atoms with E-state index in [9.17, 15) is 31.9 Å². The topological polar surface area (TPSA) is 55.8 Å². The number of hydrogen-bond donors (Lipinski definition) is 1. The fraction of sp³-hybridized carbons (Fsp3) is 0.800. The van der Waals surface area contributed by atoms with Gasteiger partial charge >= 0.3 is 23.9 Å². The monoisotopic (exact) mass is 358 g/mol. The van der Waals surface area contributed by atoms with Gasteiger partial charge in [0.15, 0.2) is 0 Å². The minimum Gasteiger partial charge on any atom is -0.446 e. The van der Waals surface area contributed by atoms with Crippen LogP contribution in [0.2, 0.25) is 0 Å². The predicted octanol–water partition coefficient (Wildman–Crippen LogP) is 3.34. The lowest BCUT2D eigenvalue weighted by molar-refractivity contribution is -0.411. The minimum absolute atomic E-state index is 0.149. The Morgan fingerprint density at radius 3 is 2.21 bits per heavy atom. The van der Waals surface area contributed by atoms with E-state index in [0.29, 0.717) is 12.8 Å². The van der Waals surface area contributed by atoms with Crippen molar-refractivity contribution in [1.82, 2.24) is 0 Å². The first-order valence-electron chi connectivity index (χ1n) is 7.59. The van der Waals surface area contributed by atoms with E-state index >= 15 is 0 Å². The molecule has 0 radical (unpaired) electrons. The van der Waals surface area contributed by atoms with E-state index in [1.165, 1.54) is 6.92 Å². The summed E-state index contributed by atoms with van der Waals surface area (Å²) >= 11 is 0. The molecule has 0 amide bonds. The van der Waals surface area contributed by atoms with Crippen LogP contribution in [-0.4, -0.2) is 41.2 Å². The fourth-order valence-electron chi connectivity index (χ4n) is 3.31. The molecular formula is C15H19F5O4. The van der Waals surface area contributed by atoms with Gasteiger partial charge in [0.1, 0.15) is 0 Å². The van der Waals surface area contributed by atoms with Crippen LogP contribution in [0.3, 0.4) is 0 Å². The fourth-order valence-corrected chi connectivity index (χ4v) is 3.31. The number of hydrogen-bond acceptors (Lipinski definition) is 4. The van der Waals surface area contributed by atoms with Gasteiger partial charge in [-0.05, 0) is 19.8 Å². The Morgan fingerprint density at radius 2 is 1.79 bits per heavy atom. The maximum absolute atomic E-state index is 14.8. The van der Waals surface area contributed by atoms with Crippen LogP contribution in [-0.2, 0) is 14.3 Å². The Kier molecular flexibility index (Phi) is 4.73. The summed E-state index contributed by atoms with van der Waals surface area (Å²) in [6.45, 7) is 3.22. The SMILES string of the molecule is C=C(C)C(=O)OC1(C2CCCCC2)COC(O)(C(F)(F)F)C1(F)F. The van der Waals surface area contributed by atoms with Crippen LogP contribution in [0.1, 0.15) is 39.0 Å². The second kappa shape index (κ2) is 5.94. The highest BCUT2D eigenvalue weighted by molar-refractivity contribution is 5.87. The summed E-state index contributed by atoms with van der Waals surface area (Å²) in [5.74, 6) is -11.9. The number of ether oxygens (including phenoxy) is 2. The van der Waals surface area contributed by atoms with Crippen molar-refractivity contribution in [1.29, 1.82) is 0 Å². The van der Waals surface area contributed by atoms with Gasteiger partial charge in [-0.2, -0.15) is 22.0 Å². The molecule has 0 aromatic carbocycles. The van der Waals surface area contributed by atoms with Crippen LogP contribution in [0.5, 0.6) is 0 Å². The standard InChI is InChI=1S/C15H19F5O4/c1-9(2)11(21)24-12(10-6-4-3-5-7-10)8-23-14(22,13(12,16)17)15(18,19)20/h10,22H,1,3-8H2,2H3. The van der Waals surface area contributed by atoms with Crippen LogP contribution in [0.4, 0.5) is 22.0 Å². The molecule has 2 unspecified atom stereocenters. The van der Waals surface area contributed by atoms with Crippen molar-refractivity contribution >= 4 is 5.97 Å². The molecule has 2 fully saturated rings. The summed E-state index contributed by atoms with van der Waals surface area (Å²) in [4.78, 5) is 11.8. The molecule has 0 spiro atoms. The molecule has 4 nitrogen and oxygen atoms in total. The Labute approximate surface area is 135 Å². The number of alkyl halides is 5. The van der Waals surface area contributed by atoms with E-state index in [1.807, 2.05) is 0 Å². The van der Waals surface area contributed by atoms with Crippen molar-refractivity contribution in [3.8, 4) is 0 Å². The van der Waals surface area contributed by atoms with Crippen LogP contribution < -0.4 is 0 Å². The summed E-state index contributed by atoms with van der Waals surface area (Å²) in [6, 6.07) is 0. The second-order valence-electron chi connectivity index (χ2n) is 6.40. The average molecular weight is 358 g/mol. The normalized spacial score (nSPS) is 34.1. The summed E-state index contributed by atoms with van der Waals surface area (Å²) < 4.78 is 77.7. The Bertz CT molecular complexity index is 526. The third-order valence-electron chi connectivity index (χ3n) is 4.72. The largest absolute Gasteiger partial charge is 0.449 e. The average Bonchev–Trinajstić information content (AvgIpc) is 2.70. The highest BCUT2D eigenvalue weighted by atomic mass is 19.4. The van der Waals surface area contributed by atoms with E-state index in [4.69, 9.17) is 4.74 Å². The zero-order chi connectivity index (χ0) is 18.4. The molecule has 1 heterocycles. The smallest absolute Gasteiger partial charge is 0.446 e. The molecular weight excluding hydrogens is 339 g/mol. The summed E-state index contributed by atoms with van der Waals surface area (Å²) in [5, 5.41) is 9.56. The van der Waals surface area contributed by atoms with Gasteiger partial charge in [-0.3, -0.25) is 0 Å². The molecule has 0 aromatic rings. The Hall–Kier alpha value is -1.22. The molecule has 2 aliphatic rings. The van der Waals surface area contributed by atoms with Crippen LogP contribution in [0.25, 0.3) is 0 Å². The Balaban J connectivity index is 2.50. The number of carbonyl (C=O) groups is 1. The van der Waals surface area contributed by atoms with Crippen molar-refractivity contribution in [3.63, 3.8) is 0 Å². The number of aliphatic hydroxyl groups is 1. The highest BCUT2D eigenvalue weighted by Gasteiger charge is 2.85. The molecule has 1 saturated heterocycles. The van der Waals surface area contributed by atoms with E-state index in [2.05, 4.69) is 11.3 Å². The summed E-state index contributed by atoms with van der Waals surface area (Å²) in [5.41, 5.74) is -3.11. The quantitative estimate of drug-likeness (QED) is 0.478. The van der Waals surface area contributed by atoms with Crippen molar-refractivity contribution in [2.24, 2.45) is 5.92 Å². The van der Waals surface area contributed by atoms with Gasteiger partial charge in [0.25, 0.3) is 0 Å².